The Balaban J connectivity index is 1.95. The highest BCUT2D eigenvalue weighted by Gasteiger charge is 2.16. The molecular weight excluding hydrogens is 238 g/mol. The minimum atomic E-state index is -0.116. The Morgan fingerprint density at radius 3 is 2.58 bits per heavy atom. The number of rotatable bonds is 2. The lowest BCUT2D eigenvalue weighted by Gasteiger charge is -2.15. The predicted octanol–water partition coefficient (Wildman–Crippen LogP) is 2.61. The predicted molar refractivity (Wildman–Crippen MR) is 74.4 cm³/mol. The fraction of sp³-hybridized carbons (Fsp3) is 0.0667. The molecule has 0 atom stereocenters. The van der Waals surface area contributed by atoms with Crippen molar-refractivity contribution in [1.82, 2.24) is 9.38 Å². The van der Waals surface area contributed by atoms with Crippen LogP contribution in [0.15, 0.2) is 60.9 Å². The third-order valence-electron chi connectivity index (χ3n) is 3.03. The van der Waals surface area contributed by atoms with Gasteiger partial charge in [-0.3, -0.25) is 4.79 Å². The molecule has 4 heteroatoms. The largest absolute Gasteiger partial charge is 0.310 e. The number of imidazole rings is 1. The van der Waals surface area contributed by atoms with Gasteiger partial charge in [0.25, 0.3) is 5.91 Å². The fourth-order valence-electron chi connectivity index (χ4n) is 1.98. The van der Waals surface area contributed by atoms with Crippen LogP contribution in [0.1, 0.15) is 10.5 Å². The smallest absolute Gasteiger partial charge is 0.278 e. The Morgan fingerprint density at radius 2 is 1.84 bits per heavy atom. The number of pyridine rings is 1. The molecule has 1 amide bonds. The molecule has 0 aliphatic rings. The van der Waals surface area contributed by atoms with Crippen molar-refractivity contribution in [2.75, 3.05) is 11.9 Å². The molecule has 3 aromatic rings. The van der Waals surface area contributed by atoms with Crippen molar-refractivity contribution in [2.24, 2.45) is 0 Å². The molecule has 0 radical (unpaired) electrons. The van der Waals surface area contributed by atoms with Gasteiger partial charge in [-0.25, -0.2) is 4.98 Å². The summed E-state index contributed by atoms with van der Waals surface area (Å²) < 4.78 is 1.84. The van der Waals surface area contributed by atoms with E-state index in [9.17, 15) is 4.79 Å². The molecule has 0 bridgehead atoms. The molecule has 0 saturated carbocycles. The van der Waals surface area contributed by atoms with Crippen LogP contribution in [0.25, 0.3) is 5.65 Å². The van der Waals surface area contributed by atoms with Gasteiger partial charge in [-0.15, -0.1) is 0 Å². The molecule has 0 unspecified atom stereocenters. The van der Waals surface area contributed by atoms with Gasteiger partial charge in [0.2, 0.25) is 0 Å². The number of para-hydroxylation sites is 1. The normalized spacial score (nSPS) is 10.6. The third kappa shape index (κ3) is 2.08. The van der Waals surface area contributed by atoms with Gasteiger partial charge < -0.3 is 9.30 Å². The molecule has 19 heavy (non-hydrogen) atoms. The number of hydrogen-bond donors (Lipinski definition) is 0. The zero-order chi connectivity index (χ0) is 13.2. The van der Waals surface area contributed by atoms with Crippen LogP contribution >= 0.6 is 0 Å². The lowest BCUT2D eigenvalue weighted by Crippen LogP contribution is -2.26. The minimum Gasteiger partial charge on any atom is -0.310 e. The van der Waals surface area contributed by atoms with Crippen LogP contribution in [0, 0.1) is 0 Å². The van der Waals surface area contributed by atoms with Crippen LogP contribution in [-0.2, 0) is 0 Å². The summed E-state index contributed by atoms with van der Waals surface area (Å²) in [7, 11) is 1.75. The Morgan fingerprint density at radius 1 is 1.11 bits per heavy atom. The molecule has 3 rings (SSSR count). The number of aromatic nitrogens is 2. The van der Waals surface area contributed by atoms with E-state index in [2.05, 4.69) is 4.98 Å². The monoisotopic (exact) mass is 251 g/mol. The molecule has 0 N–H and O–H groups in total. The Labute approximate surface area is 110 Å². The average molecular weight is 251 g/mol. The van der Waals surface area contributed by atoms with Gasteiger partial charge in [0.15, 0.2) is 0 Å². The molecule has 0 spiro atoms. The highest BCUT2D eigenvalue weighted by atomic mass is 16.2. The van der Waals surface area contributed by atoms with Gasteiger partial charge in [-0.2, -0.15) is 0 Å². The Hall–Kier alpha value is -2.62. The van der Waals surface area contributed by atoms with E-state index in [0.29, 0.717) is 5.69 Å². The van der Waals surface area contributed by atoms with Gasteiger partial charge in [-0.1, -0.05) is 24.3 Å². The molecule has 4 nitrogen and oxygen atoms in total. The van der Waals surface area contributed by atoms with Crippen molar-refractivity contribution >= 4 is 17.2 Å². The quantitative estimate of drug-likeness (QED) is 0.702. The van der Waals surface area contributed by atoms with Crippen LogP contribution in [-0.4, -0.2) is 22.3 Å². The van der Waals surface area contributed by atoms with E-state index in [1.807, 2.05) is 59.1 Å². The second-order valence-corrected chi connectivity index (χ2v) is 4.29. The van der Waals surface area contributed by atoms with Crippen molar-refractivity contribution in [2.45, 2.75) is 0 Å². The molecule has 2 aromatic heterocycles. The van der Waals surface area contributed by atoms with Crippen LogP contribution in [0.3, 0.4) is 0 Å². The van der Waals surface area contributed by atoms with Crippen LogP contribution in [0.2, 0.25) is 0 Å². The standard InChI is InChI=1S/C15H13N3O/c1-17(12-7-3-2-4-8-12)15(19)13-11-18-10-6-5-9-14(18)16-13/h2-11H,1H3. The topological polar surface area (TPSA) is 37.6 Å². The first-order valence-corrected chi connectivity index (χ1v) is 6.02. The van der Waals surface area contributed by atoms with Crippen LogP contribution < -0.4 is 4.90 Å². The SMILES string of the molecule is CN(C(=O)c1cn2ccccc2n1)c1ccccc1. The molecular formula is C15H13N3O. The van der Waals surface area contributed by atoms with E-state index < -0.39 is 0 Å². The fourth-order valence-corrected chi connectivity index (χ4v) is 1.98. The number of amides is 1. The lowest BCUT2D eigenvalue weighted by atomic mass is 10.3. The first-order chi connectivity index (χ1) is 9.25. The van der Waals surface area contributed by atoms with Crippen molar-refractivity contribution in [3.8, 4) is 0 Å². The first-order valence-electron chi connectivity index (χ1n) is 6.02. The maximum atomic E-state index is 12.4. The zero-order valence-electron chi connectivity index (χ0n) is 10.5. The van der Waals surface area contributed by atoms with Crippen LogP contribution in [0.5, 0.6) is 0 Å². The van der Waals surface area contributed by atoms with Crippen molar-refractivity contribution < 1.29 is 4.79 Å². The van der Waals surface area contributed by atoms with E-state index in [-0.39, 0.29) is 5.91 Å². The number of nitrogens with zero attached hydrogens (tertiary/aromatic N) is 3. The lowest BCUT2D eigenvalue weighted by molar-refractivity contribution is 0.0989. The highest BCUT2D eigenvalue weighted by molar-refractivity contribution is 6.04. The minimum absolute atomic E-state index is 0.116. The summed E-state index contributed by atoms with van der Waals surface area (Å²) in [4.78, 5) is 18.3. The van der Waals surface area contributed by atoms with Gasteiger partial charge in [0.05, 0.1) is 0 Å². The molecule has 0 aliphatic heterocycles. The third-order valence-corrected chi connectivity index (χ3v) is 3.03. The number of hydrogen-bond acceptors (Lipinski definition) is 2. The van der Waals surface area contributed by atoms with Gasteiger partial charge >= 0.3 is 0 Å². The number of fused-ring (bicyclic) bond motifs is 1. The maximum Gasteiger partial charge on any atom is 0.278 e. The average Bonchev–Trinajstić information content (AvgIpc) is 2.90. The second kappa shape index (κ2) is 4.57. The number of carbonyl (C=O) groups is 1. The molecule has 1 aromatic carbocycles. The van der Waals surface area contributed by atoms with E-state index in [0.717, 1.165) is 11.3 Å². The number of anilines is 1. The van der Waals surface area contributed by atoms with Crippen molar-refractivity contribution in [3.05, 3.63) is 66.6 Å². The summed E-state index contributed by atoms with van der Waals surface area (Å²) in [6, 6.07) is 15.2. The summed E-state index contributed by atoms with van der Waals surface area (Å²) in [6.07, 6.45) is 3.62. The summed E-state index contributed by atoms with van der Waals surface area (Å²) >= 11 is 0. The first kappa shape index (κ1) is 11.5. The molecule has 2 heterocycles. The van der Waals surface area contributed by atoms with Crippen LogP contribution in [0.4, 0.5) is 5.69 Å². The van der Waals surface area contributed by atoms with Crippen molar-refractivity contribution in [3.63, 3.8) is 0 Å². The highest BCUT2D eigenvalue weighted by Crippen LogP contribution is 2.14. The Bertz CT molecular complexity index is 685. The number of carbonyl (C=O) groups excluding carboxylic acids is 1. The summed E-state index contributed by atoms with van der Waals surface area (Å²) in [6.45, 7) is 0. The van der Waals surface area contributed by atoms with Gasteiger partial charge in [0.1, 0.15) is 11.3 Å². The Kier molecular flexibility index (Phi) is 2.76. The second-order valence-electron chi connectivity index (χ2n) is 4.29. The molecule has 0 aliphatic carbocycles. The summed E-state index contributed by atoms with van der Waals surface area (Å²) in [5, 5.41) is 0. The van der Waals surface area contributed by atoms with Crippen molar-refractivity contribution in [1.29, 1.82) is 0 Å². The van der Waals surface area contributed by atoms with E-state index in [1.54, 1.807) is 18.1 Å². The molecule has 0 fully saturated rings. The number of benzene rings is 1. The molecule has 0 saturated heterocycles. The van der Waals surface area contributed by atoms with Gasteiger partial charge in [0, 0.05) is 25.1 Å². The van der Waals surface area contributed by atoms with E-state index in [1.165, 1.54) is 0 Å². The zero-order valence-corrected chi connectivity index (χ0v) is 10.5. The van der Waals surface area contributed by atoms with E-state index >= 15 is 0 Å². The molecule has 94 valence electrons. The summed E-state index contributed by atoms with van der Waals surface area (Å²) in [5.41, 5.74) is 2.06. The van der Waals surface area contributed by atoms with Gasteiger partial charge in [-0.05, 0) is 24.3 Å². The van der Waals surface area contributed by atoms with E-state index in [4.69, 9.17) is 0 Å². The maximum absolute atomic E-state index is 12.4. The summed E-state index contributed by atoms with van der Waals surface area (Å²) in [5.74, 6) is -0.116.